The summed E-state index contributed by atoms with van der Waals surface area (Å²) in [6.45, 7) is 11.5. The van der Waals surface area contributed by atoms with E-state index in [9.17, 15) is 36.6 Å². The van der Waals surface area contributed by atoms with Crippen LogP contribution in [0.5, 0.6) is 0 Å². The molecule has 4 fully saturated rings. The molecule has 4 aliphatic heterocycles. The van der Waals surface area contributed by atoms with Crippen LogP contribution in [-0.4, -0.2) is 128 Å². The van der Waals surface area contributed by atoms with Gasteiger partial charge in [0.1, 0.15) is 11.2 Å². The zero-order valence-corrected chi connectivity index (χ0v) is 40.2. The van der Waals surface area contributed by atoms with E-state index in [1.54, 1.807) is 41.5 Å². The fraction of sp³-hybridized carbons (Fsp3) is 0.583. The number of piperidine rings is 2. The van der Waals surface area contributed by atoms with Crippen LogP contribution in [0, 0.1) is 22.7 Å². The lowest BCUT2D eigenvalue weighted by molar-refractivity contribution is -0.154. The van der Waals surface area contributed by atoms with E-state index in [0.717, 1.165) is 35.4 Å². The number of hydrogen-bond acceptors (Lipinski definition) is 12. The van der Waals surface area contributed by atoms with Crippen molar-refractivity contribution >= 4 is 32.0 Å². The number of carbonyl (C=O) groups excluding carboxylic acids is 2. The summed E-state index contributed by atoms with van der Waals surface area (Å²) >= 11 is 0. The zero-order valence-electron chi connectivity index (χ0n) is 38.5. The lowest BCUT2D eigenvalue weighted by Gasteiger charge is -2.57. The van der Waals surface area contributed by atoms with E-state index in [1.165, 1.54) is 19.7 Å². The van der Waals surface area contributed by atoms with E-state index in [0.29, 0.717) is 51.9 Å². The Morgan fingerprint density at radius 2 is 0.970 bits per heavy atom. The Morgan fingerprint density at radius 1 is 0.621 bits per heavy atom. The molecule has 0 bridgehead atoms. The number of aliphatic hydroxyl groups excluding tert-OH is 2. The van der Waals surface area contributed by atoms with E-state index in [1.807, 2.05) is 49.3 Å². The van der Waals surface area contributed by atoms with Gasteiger partial charge < -0.3 is 28.8 Å². The summed E-state index contributed by atoms with van der Waals surface area (Å²) in [6.07, 6.45) is 10.4. The Kier molecular flexibility index (Phi) is 11.8. The molecule has 0 unspecified atom stereocenters. The van der Waals surface area contributed by atoms with Crippen molar-refractivity contribution in [2.24, 2.45) is 22.7 Å². The molecular formula is C48H62N6O10S2. The highest BCUT2D eigenvalue weighted by Crippen LogP contribution is 2.61. The van der Waals surface area contributed by atoms with Gasteiger partial charge in [0.05, 0.1) is 60.7 Å². The van der Waals surface area contributed by atoms with Gasteiger partial charge in [-0.2, -0.15) is 0 Å². The molecule has 2 spiro atoms. The van der Waals surface area contributed by atoms with Gasteiger partial charge in [-0.1, -0.05) is 48.5 Å². The van der Waals surface area contributed by atoms with Gasteiger partial charge >= 0.3 is 11.9 Å². The first-order valence-electron chi connectivity index (χ1n) is 23.0. The van der Waals surface area contributed by atoms with Gasteiger partial charge in [-0.25, -0.2) is 35.4 Å². The number of sulfonamides is 2. The first kappa shape index (κ1) is 46.6. The van der Waals surface area contributed by atoms with E-state index in [4.69, 9.17) is 9.47 Å². The molecule has 2 aliphatic carbocycles. The second-order valence-electron chi connectivity index (χ2n) is 21.3. The smallest absolute Gasteiger partial charge is 0.323 e. The molecule has 18 heteroatoms. The second-order valence-corrected chi connectivity index (χ2v) is 25.2. The standard InChI is InChI=1S/2C24H31N3O5S/c2*1-23(2,3)32-20(28)14-33(30,31)26-10-8-24(9-11-26)12-18(22(24)29)21-17-7-5-4-6-16(17)19-13-25-15-27(19)21/h2*4-7,13,15,18,21-22,29H,8-12,14H2,1-3H3/t2*18-,21+,22+/m10/s1. The summed E-state index contributed by atoms with van der Waals surface area (Å²) < 4.78 is 68.4. The van der Waals surface area contributed by atoms with Crippen LogP contribution >= 0.6 is 0 Å². The molecule has 0 radical (unpaired) electrons. The van der Waals surface area contributed by atoms with E-state index < -0.39 is 66.9 Å². The molecule has 6 aliphatic rings. The number of aromatic nitrogens is 4. The average molecular weight is 947 g/mol. The maximum absolute atomic E-state index is 12.8. The predicted octanol–water partition coefficient (Wildman–Crippen LogP) is 5.17. The van der Waals surface area contributed by atoms with Gasteiger partial charge in [-0.15, -0.1) is 0 Å². The van der Waals surface area contributed by atoms with Gasteiger partial charge in [0.15, 0.2) is 11.5 Å². The minimum Gasteiger partial charge on any atom is -0.459 e. The minimum atomic E-state index is -3.74. The molecule has 2 saturated heterocycles. The number of esters is 2. The van der Waals surface area contributed by atoms with Gasteiger partial charge in [0.2, 0.25) is 20.0 Å². The van der Waals surface area contributed by atoms with Crippen molar-refractivity contribution in [1.29, 1.82) is 0 Å². The average Bonchev–Trinajstić information content (AvgIpc) is 4.03. The quantitative estimate of drug-likeness (QED) is 0.220. The van der Waals surface area contributed by atoms with Gasteiger partial charge in [-0.05, 0) is 102 Å². The SMILES string of the molecule is CC(C)(C)OC(=O)CS(=O)(=O)N1CCC2(CC1)C[C@@H]([C@H]1c3ccccc3-c3cncn31)[C@H]2O.CC(C)(C)OC(=O)CS(=O)(=O)N1CCC2(CC1)C[C@H]([C@@H]1c3ccccc3-c3cncn31)[C@@H]2O. The van der Waals surface area contributed by atoms with Crippen LogP contribution in [0.4, 0.5) is 0 Å². The summed E-state index contributed by atoms with van der Waals surface area (Å²) in [5, 5.41) is 22.6. The molecular weight excluding hydrogens is 885 g/mol. The summed E-state index contributed by atoms with van der Waals surface area (Å²) in [5.74, 6) is -2.64. The molecule has 10 rings (SSSR count). The Morgan fingerprint density at radius 3 is 1.30 bits per heavy atom. The maximum Gasteiger partial charge on any atom is 0.323 e. The molecule has 6 atom stereocenters. The number of rotatable bonds is 8. The van der Waals surface area contributed by atoms with Gasteiger partial charge in [0, 0.05) is 49.1 Å². The fourth-order valence-corrected chi connectivity index (χ4v) is 14.4. The Hall–Kier alpha value is -4.46. The lowest BCUT2D eigenvalue weighted by atomic mass is 9.53. The Balaban J connectivity index is 0.000000166. The predicted molar refractivity (Wildman–Crippen MR) is 246 cm³/mol. The molecule has 2 aromatic carbocycles. The molecule has 66 heavy (non-hydrogen) atoms. The number of benzene rings is 2. The molecule has 16 nitrogen and oxygen atoms in total. The molecule has 4 aromatic rings. The van der Waals surface area contributed by atoms with Crippen molar-refractivity contribution in [2.45, 2.75) is 116 Å². The first-order chi connectivity index (χ1) is 31.0. The zero-order chi connectivity index (χ0) is 47.2. The molecule has 356 valence electrons. The summed E-state index contributed by atoms with van der Waals surface area (Å²) in [7, 11) is -7.49. The number of ether oxygens (including phenoxy) is 2. The summed E-state index contributed by atoms with van der Waals surface area (Å²) in [4.78, 5) is 32.7. The number of carbonyl (C=O) groups is 2. The highest BCUT2D eigenvalue weighted by Gasteiger charge is 2.60. The molecule has 2 N–H and O–H groups in total. The minimum absolute atomic E-state index is 0.0493. The van der Waals surface area contributed by atoms with Crippen LogP contribution in [0.25, 0.3) is 22.5 Å². The Labute approximate surface area is 387 Å². The van der Waals surface area contributed by atoms with Crippen LogP contribution in [0.2, 0.25) is 0 Å². The van der Waals surface area contributed by atoms with Crippen molar-refractivity contribution < 1.29 is 46.1 Å². The number of nitrogens with zero attached hydrogens (tertiary/aromatic N) is 6. The third-order valence-corrected chi connectivity index (χ3v) is 18.4. The summed E-state index contributed by atoms with van der Waals surface area (Å²) in [5.41, 5.74) is 4.90. The van der Waals surface area contributed by atoms with E-state index in [-0.39, 0.29) is 34.7 Å². The van der Waals surface area contributed by atoms with Crippen LogP contribution in [0.1, 0.15) is 103 Å². The number of fused-ring (bicyclic) bond motifs is 6. The van der Waals surface area contributed by atoms with Crippen LogP contribution < -0.4 is 0 Å². The lowest BCUT2D eigenvalue weighted by Crippen LogP contribution is -2.60. The second kappa shape index (κ2) is 16.6. The largest absolute Gasteiger partial charge is 0.459 e. The topological polar surface area (TPSA) is 203 Å². The fourth-order valence-electron chi connectivity index (χ4n) is 11.8. The maximum atomic E-state index is 12.8. The van der Waals surface area contributed by atoms with Crippen molar-refractivity contribution in [3.05, 3.63) is 84.7 Å². The van der Waals surface area contributed by atoms with Crippen LogP contribution in [0.3, 0.4) is 0 Å². The van der Waals surface area contributed by atoms with E-state index in [2.05, 4.69) is 43.4 Å². The van der Waals surface area contributed by atoms with Crippen molar-refractivity contribution in [2.75, 3.05) is 37.7 Å². The third-order valence-electron chi connectivity index (χ3n) is 14.9. The summed E-state index contributed by atoms with van der Waals surface area (Å²) in [6, 6.07) is 16.6. The van der Waals surface area contributed by atoms with Crippen molar-refractivity contribution in [3.63, 3.8) is 0 Å². The monoisotopic (exact) mass is 946 g/mol. The molecule has 6 heterocycles. The highest BCUT2D eigenvalue weighted by atomic mass is 32.2. The number of hydrogen-bond donors (Lipinski definition) is 2. The van der Waals surface area contributed by atoms with Gasteiger partial charge in [-0.3, -0.25) is 9.59 Å². The molecule has 2 aromatic heterocycles. The molecule has 0 amide bonds. The third kappa shape index (κ3) is 8.43. The van der Waals surface area contributed by atoms with Crippen molar-refractivity contribution in [1.82, 2.24) is 27.7 Å². The normalized spacial score (nSPS) is 26.5. The number of aliphatic hydroxyl groups is 2. The van der Waals surface area contributed by atoms with Gasteiger partial charge in [0.25, 0.3) is 0 Å². The molecule has 2 saturated carbocycles. The van der Waals surface area contributed by atoms with Crippen LogP contribution in [-0.2, 0) is 39.1 Å². The highest BCUT2D eigenvalue weighted by molar-refractivity contribution is 7.90. The van der Waals surface area contributed by atoms with Crippen LogP contribution in [0.15, 0.2) is 73.6 Å². The number of imidazole rings is 2. The van der Waals surface area contributed by atoms with E-state index >= 15 is 0 Å². The Bertz CT molecular complexity index is 2540. The first-order valence-corrected chi connectivity index (χ1v) is 26.2. The van der Waals surface area contributed by atoms with Crippen molar-refractivity contribution in [3.8, 4) is 22.5 Å².